The number of carbonyl (C=O) groups excluding carboxylic acids is 2. The van der Waals surface area contributed by atoms with Gasteiger partial charge in [0.2, 0.25) is 5.91 Å². The average Bonchev–Trinajstić information content (AvgIpc) is 2.61. The van der Waals surface area contributed by atoms with Crippen LogP contribution in [0, 0.1) is 5.82 Å². The number of carbonyl (C=O) groups is 2. The van der Waals surface area contributed by atoms with Crippen molar-refractivity contribution in [2.45, 2.75) is 38.5 Å². The van der Waals surface area contributed by atoms with Crippen LogP contribution in [0.25, 0.3) is 0 Å². The molecule has 1 aliphatic rings. The topological polar surface area (TPSA) is 46.2 Å². The highest BCUT2D eigenvalue weighted by Crippen LogP contribution is 2.23. The van der Waals surface area contributed by atoms with Crippen LogP contribution >= 0.6 is 11.6 Å². The molecule has 0 aliphatic heterocycles. The maximum absolute atomic E-state index is 13.7. The number of amides is 1. The number of aryl methyl sites for hydroxylation is 2. The Morgan fingerprint density at radius 3 is 2.52 bits per heavy atom. The average molecular weight is 360 g/mol. The largest absolute Gasteiger partial charge is 0.324 e. The molecule has 0 fully saturated rings. The molecule has 0 spiro atoms. The van der Waals surface area contributed by atoms with E-state index in [9.17, 15) is 14.0 Å². The predicted octanol–water partition coefficient (Wildman–Crippen LogP) is 4.96. The van der Waals surface area contributed by atoms with Gasteiger partial charge in [-0.2, -0.15) is 0 Å². The summed E-state index contributed by atoms with van der Waals surface area (Å²) < 4.78 is 13.7. The van der Waals surface area contributed by atoms with Crippen LogP contribution < -0.4 is 5.32 Å². The Kier molecular flexibility index (Phi) is 5.49. The summed E-state index contributed by atoms with van der Waals surface area (Å²) in [7, 11) is 0. The lowest BCUT2D eigenvalue weighted by Gasteiger charge is -2.16. The summed E-state index contributed by atoms with van der Waals surface area (Å²) in [4.78, 5) is 24.3. The normalized spacial score (nSPS) is 13.2. The Bertz CT molecular complexity index is 819. The molecular formula is C20H19ClFNO2. The number of fused-ring (bicyclic) bond motifs is 1. The van der Waals surface area contributed by atoms with Crippen molar-refractivity contribution in [1.29, 1.82) is 0 Å². The second-order valence-electron chi connectivity index (χ2n) is 6.29. The number of Topliss-reactive ketones (excluding diaryl/α,β-unsaturated/α-hetero) is 1. The number of ketones is 1. The van der Waals surface area contributed by atoms with Crippen LogP contribution in [0.4, 0.5) is 10.1 Å². The van der Waals surface area contributed by atoms with Gasteiger partial charge in [-0.25, -0.2) is 4.39 Å². The number of rotatable bonds is 5. The lowest BCUT2D eigenvalue weighted by Crippen LogP contribution is -2.14. The molecule has 0 heterocycles. The van der Waals surface area contributed by atoms with Crippen LogP contribution in [-0.4, -0.2) is 11.7 Å². The first-order chi connectivity index (χ1) is 12.0. The Labute approximate surface area is 151 Å². The van der Waals surface area contributed by atoms with E-state index in [0.29, 0.717) is 5.56 Å². The molecular weight excluding hydrogens is 341 g/mol. The molecule has 3 rings (SSSR count). The fraction of sp³-hybridized carbons (Fsp3) is 0.300. The van der Waals surface area contributed by atoms with Gasteiger partial charge < -0.3 is 5.32 Å². The maximum Gasteiger partial charge on any atom is 0.224 e. The van der Waals surface area contributed by atoms with E-state index >= 15 is 0 Å². The maximum atomic E-state index is 13.7. The monoisotopic (exact) mass is 359 g/mol. The Morgan fingerprint density at radius 2 is 1.76 bits per heavy atom. The summed E-state index contributed by atoms with van der Waals surface area (Å²) in [5, 5.41) is 2.73. The summed E-state index contributed by atoms with van der Waals surface area (Å²) in [6, 6.07) is 9.84. The third-order valence-electron chi connectivity index (χ3n) is 4.45. The molecule has 0 aromatic heterocycles. The molecule has 5 heteroatoms. The molecule has 25 heavy (non-hydrogen) atoms. The zero-order chi connectivity index (χ0) is 17.8. The quantitative estimate of drug-likeness (QED) is 0.767. The van der Waals surface area contributed by atoms with Crippen molar-refractivity contribution in [3.05, 3.63) is 63.9 Å². The van der Waals surface area contributed by atoms with Gasteiger partial charge in [0.05, 0.1) is 5.69 Å². The number of hydrogen-bond acceptors (Lipinski definition) is 2. The van der Waals surface area contributed by atoms with Gasteiger partial charge in [0.1, 0.15) is 5.82 Å². The number of benzene rings is 2. The van der Waals surface area contributed by atoms with Gasteiger partial charge in [-0.3, -0.25) is 9.59 Å². The highest BCUT2D eigenvalue weighted by molar-refractivity contribution is 6.30. The first-order valence-corrected chi connectivity index (χ1v) is 8.80. The van der Waals surface area contributed by atoms with E-state index in [4.69, 9.17) is 11.6 Å². The first-order valence-electron chi connectivity index (χ1n) is 8.43. The molecule has 0 atom stereocenters. The van der Waals surface area contributed by atoms with Crippen LogP contribution in [0.3, 0.4) is 0 Å². The molecule has 0 bridgehead atoms. The summed E-state index contributed by atoms with van der Waals surface area (Å²) in [5.74, 6) is -1.06. The van der Waals surface area contributed by atoms with Crippen molar-refractivity contribution >= 4 is 29.0 Å². The standard InChI is InChI=1S/C20H19ClFNO2/c21-16-7-8-18(17(22)12-16)23-20(25)10-9-19(24)15-6-5-13-3-1-2-4-14(13)11-15/h5-8,11-12H,1-4,9-10H2,(H,23,25). The number of halogens is 2. The smallest absolute Gasteiger partial charge is 0.224 e. The van der Waals surface area contributed by atoms with E-state index in [1.165, 1.54) is 29.7 Å². The van der Waals surface area contributed by atoms with Crippen molar-refractivity contribution in [2.75, 3.05) is 5.32 Å². The first kappa shape index (κ1) is 17.6. The third-order valence-corrected chi connectivity index (χ3v) is 4.69. The van der Waals surface area contributed by atoms with Crippen LogP contribution in [0.5, 0.6) is 0 Å². The van der Waals surface area contributed by atoms with Gasteiger partial charge in [-0.05, 0) is 61.1 Å². The fourth-order valence-electron chi connectivity index (χ4n) is 3.08. The van der Waals surface area contributed by atoms with Crippen LogP contribution in [-0.2, 0) is 17.6 Å². The second kappa shape index (κ2) is 7.79. The van der Waals surface area contributed by atoms with E-state index < -0.39 is 11.7 Å². The highest BCUT2D eigenvalue weighted by Gasteiger charge is 2.15. The van der Waals surface area contributed by atoms with Crippen LogP contribution in [0.15, 0.2) is 36.4 Å². The molecule has 1 amide bonds. The molecule has 130 valence electrons. The molecule has 0 radical (unpaired) electrons. The van der Waals surface area contributed by atoms with Crippen LogP contribution in [0.2, 0.25) is 5.02 Å². The van der Waals surface area contributed by atoms with E-state index in [1.807, 2.05) is 18.2 Å². The molecule has 0 unspecified atom stereocenters. The van der Waals surface area contributed by atoms with Gasteiger partial charge in [-0.1, -0.05) is 23.7 Å². The zero-order valence-electron chi connectivity index (χ0n) is 13.8. The zero-order valence-corrected chi connectivity index (χ0v) is 14.5. The van der Waals surface area contributed by atoms with Crippen LogP contribution in [0.1, 0.15) is 47.2 Å². The van der Waals surface area contributed by atoms with Gasteiger partial charge >= 0.3 is 0 Å². The van der Waals surface area contributed by atoms with Crippen molar-refractivity contribution < 1.29 is 14.0 Å². The predicted molar refractivity (Wildman–Crippen MR) is 96.7 cm³/mol. The van der Waals surface area contributed by atoms with E-state index in [1.54, 1.807) is 0 Å². The van der Waals surface area contributed by atoms with E-state index in [2.05, 4.69) is 5.32 Å². The van der Waals surface area contributed by atoms with Gasteiger partial charge in [0.15, 0.2) is 5.78 Å². The van der Waals surface area contributed by atoms with Crippen molar-refractivity contribution in [1.82, 2.24) is 0 Å². The lowest BCUT2D eigenvalue weighted by molar-refractivity contribution is -0.116. The summed E-state index contributed by atoms with van der Waals surface area (Å²) in [6.45, 7) is 0. The summed E-state index contributed by atoms with van der Waals surface area (Å²) in [5.41, 5.74) is 3.27. The summed E-state index contributed by atoms with van der Waals surface area (Å²) >= 11 is 5.68. The minimum atomic E-state index is -0.595. The van der Waals surface area contributed by atoms with Gasteiger partial charge in [-0.15, -0.1) is 0 Å². The Morgan fingerprint density at radius 1 is 1.00 bits per heavy atom. The van der Waals surface area contributed by atoms with Gasteiger partial charge in [0, 0.05) is 23.4 Å². The van der Waals surface area contributed by atoms with Gasteiger partial charge in [0.25, 0.3) is 0 Å². The van der Waals surface area contributed by atoms with E-state index in [0.717, 1.165) is 25.3 Å². The van der Waals surface area contributed by atoms with Crippen molar-refractivity contribution in [3.8, 4) is 0 Å². The minimum Gasteiger partial charge on any atom is -0.324 e. The molecule has 1 aliphatic carbocycles. The summed E-state index contributed by atoms with van der Waals surface area (Å²) in [6.07, 6.45) is 4.53. The molecule has 1 N–H and O–H groups in total. The Hall–Kier alpha value is -2.20. The van der Waals surface area contributed by atoms with E-state index in [-0.39, 0.29) is 29.3 Å². The highest BCUT2D eigenvalue weighted by atomic mass is 35.5. The fourth-order valence-corrected chi connectivity index (χ4v) is 3.24. The number of hydrogen-bond donors (Lipinski definition) is 1. The molecule has 3 nitrogen and oxygen atoms in total. The molecule has 2 aromatic carbocycles. The van der Waals surface area contributed by atoms with Crippen molar-refractivity contribution in [2.24, 2.45) is 0 Å². The minimum absolute atomic E-state index is 0.0119. The SMILES string of the molecule is O=C(CCC(=O)c1ccc2c(c1)CCCC2)Nc1ccc(Cl)cc1F. The van der Waals surface area contributed by atoms with Crippen molar-refractivity contribution in [3.63, 3.8) is 0 Å². The molecule has 0 saturated heterocycles. The Balaban J connectivity index is 1.57. The number of nitrogens with one attached hydrogen (secondary N) is 1. The third kappa shape index (κ3) is 4.45. The molecule has 2 aromatic rings. The number of anilines is 1. The second-order valence-corrected chi connectivity index (χ2v) is 6.72. The molecule has 0 saturated carbocycles. The lowest BCUT2D eigenvalue weighted by atomic mass is 9.89.